The number of carbonyl (C=O) groups excluding carboxylic acids is 3. The van der Waals surface area contributed by atoms with Crippen LogP contribution >= 0.6 is 0 Å². The molecule has 3 aliphatic rings. The van der Waals surface area contributed by atoms with Crippen LogP contribution in [0.5, 0.6) is 11.5 Å². The van der Waals surface area contributed by atoms with Crippen molar-refractivity contribution in [3.63, 3.8) is 0 Å². The van der Waals surface area contributed by atoms with Gasteiger partial charge in [-0.05, 0) is 91.2 Å². The third-order valence-corrected chi connectivity index (χ3v) is 9.01. The second kappa shape index (κ2) is 10.5. The van der Waals surface area contributed by atoms with Crippen molar-refractivity contribution in [3.8, 4) is 11.5 Å². The predicted octanol–water partition coefficient (Wildman–Crippen LogP) is 6.46. The summed E-state index contributed by atoms with van der Waals surface area (Å²) in [5.41, 5.74) is 2.68. The molecule has 4 aromatic rings. The number of fused-ring (bicyclic) bond motifs is 6. The Labute approximate surface area is 256 Å². The molecule has 1 fully saturated rings. The summed E-state index contributed by atoms with van der Waals surface area (Å²) in [6.45, 7) is 3.88. The number of nitrogens with one attached hydrogen (secondary N) is 1. The second-order valence-electron chi connectivity index (χ2n) is 11.7. The smallest absolute Gasteiger partial charge is 0.238 e. The van der Waals surface area contributed by atoms with Crippen LogP contribution in [0.4, 0.5) is 5.69 Å². The Balaban J connectivity index is 1.46. The first-order valence-electron chi connectivity index (χ1n) is 14.8. The van der Waals surface area contributed by atoms with Crippen molar-refractivity contribution in [3.05, 3.63) is 131 Å². The Bertz CT molecular complexity index is 1810. The third kappa shape index (κ3) is 4.07. The first kappa shape index (κ1) is 27.7. The highest BCUT2D eigenvalue weighted by molar-refractivity contribution is 6.16. The van der Waals surface area contributed by atoms with Crippen molar-refractivity contribution in [2.24, 2.45) is 5.92 Å². The molecular weight excluding hydrogens is 552 g/mol. The lowest BCUT2D eigenvalue weighted by molar-refractivity contribution is -0.122. The van der Waals surface area contributed by atoms with Gasteiger partial charge in [0.05, 0.1) is 25.2 Å². The first-order chi connectivity index (χ1) is 21.3. The summed E-state index contributed by atoms with van der Waals surface area (Å²) in [6, 6.07) is 27.7. The van der Waals surface area contributed by atoms with Gasteiger partial charge in [0, 0.05) is 23.0 Å². The number of ether oxygens (including phenoxy) is 2. The maximum absolute atomic E-state index is 14.9. The molecule has 4 atom stereocenters. The van der Waals surface area contributed by atoms with Crippen molar-refractivity contribution in [1.29, 1.82) is 0 Å². The van der Waals surface area contributed by atoms with Crippen molar-refractivity contribution in [2.45, 2.75) is 37.5 Å². The number of ketones is 2. The van der Waals surface area contributed by atoms with Crippen LogP contribution in [0.2, 0.25) is 0 Å². The van der Waals surface area contributed by atoms with E-state index in [1.54, 1.807) is 55.6 Å². The van der Waals surface area contributed by atoms with Crippen LogP contribution in [0.25, 0.3) is 6.08 Å². The summed E-state index contributed by atoms with van der Waals surface area (Å²) in [5.74, 6) is -0.591. The molecule has 7 rings (SSSR count). The van der Waals surface area contributed by atoms with Crippen LogP contribution in [0.3, 0.4) is 0 Å². The predicted molar refractivity (Wildman–Crippen MR) is 168 cm³/mol. The summed E-state index contributed by atoms with van der Waals surface area (Å²) in [7, 11) is 1.57. The van der Waals surface area contributed by atoms with Gasteiger partial charge in [0.15, 0.2) is 11.6 Å². The fourth-order valence-electron chi connectivity index (χ4n) is 7.24. The average molecular weight is 585 g/mol. The molecule has 7 nitrogen and oxygen atoms in total. The number of carbonyl (C=O) groups is 3. The van der Waals surface area contributed by atoms with E-state index < -0.39 is 23.4 Å². The van der Waals surface area contributed by atoms with Crippen LogP contribution < -0.4 is 14.8 Å². The molecule has 1 N–H and O–H groups in total. The van der Waals surface area contributed by atoms with Gasteiger partial charge in [-0.1, -0.05) is 42.5 Å². The lowest BCUT2D eigenvalue weighted by atomic mass is 9.62. The van der Waals surface area contributed by atoms with Crippen molar-refractivity contribution in [1.82, 2.24) is 4.90 Å². The lowest BCUT2D eigenvalue weighted by Crippen LogP contribution is -2.49. The van der Waals surface area contributed by atoms with Crippen molar-refractivity contribution in [2.75, 3.05) is 12.4 Å². The summed E-state index contributed by atoms with van der Waals surface area (Å²) < 4.78 is 11.2. The topological polar surface area (TPSA) is 84.9 Å². The van der Waals surface area contributed by atoms with Gasteiger partial charge in [0.25, 0.3) is 0 Å². The van der Waals surface area contributed by atoms with Crippen LogP contribution in [-0.2, 0) is 10.2 Å². The number of para-hydroxylation sites is 1. The van der Waals surface area contributed by atoms with E-state index in [1.165, 1.54) is 0 Å². The Morgan fingerprint density at radius 1 is 0.818 bits per heavy atom. The summed E-state index contributed by atoms with van der Waals surface area (Å²) in [4.78, 5) is 46.1. The van der Waals surface area contributed by atoms with Gasteiger partial charge < -0.3 is 19.7 Å². The van der Waals surface area contributed by atoms with E-state index in [2.05, 4.69) is 5.32 Å². The number of methoxy groups -OCH3 is 1. The molecule has 220 valence electrons. The van der Waals surface area contributed by atoms with E-state index in [0.717, 1.165) is 11.1 Å². The molecule has 1 amide bonds. The average Bonchev–Trinajstić information content (AvgIpc) is 3.52. The molecule has 0 unspecified atom stereocenters. The summed E-state index contributed by atoms with van der Waals surface area (Å²) >= 11 is 0. The highest BCUT2D eigenvalue weighted by Gasteiger charge is 2.70. The van der Waals surface area contributed by atoms with E-state index in [1.807, 2.05) is 79.6 Å². The molecule has 7 heteroatoms. The Hall–Kier alpha value is -5.17. The number of hydrogen-bond donors (Lipinski definition) is 1. The lowest BCUT2D eigenvalue weighted by Gasteiger charge is -2.38. The molecule has 3 heterocycles. The SMILES string of the molecule is COc1ccc(C(=O)[C@@H]2[C@H](C(=O)c3ccc(OC(C)C)cc3)N3C=Cc4ccccc4[C@@H]3[C@@]23C(=O)Nc2ccccc23)cc1. The molecule has 44 heavy (non-hydrogen) atoms. The number of anilines is 1. The van der Waals surface area contributed by atoms with Gasteiger partial charge >= 0.3 is 0 Å². The van der Waals surface area contributed by atoms with Crippen LogP contribution in [0, 0.1) is 5.92 Å². The summed E-state index contributed by atoms with van der Waals surface area (Å²) in [5, 5.41) is 3.08. The molecule has 1 spiro atoms. The molecular formula is C37H32N2O5. The van der Waals surface area contributed by atoms with E-state index in [0.29, 0.717) is 33.9 Å². The minimum absolute atomic E-state index is 0.0157. The first-order valence-corrected chi connectivity index (χ1v) is 14.8. The Morgan fingerprint density at radius 3 is 2.16 bits per heavy atom. The summed E-state index contributed by atoms with van der Waals surface area (Å²) in [6.07, 6.45) is 3.82. The Morgan fingerprint density at radius 2 is 1.45 bits per heavy atom. The third-order valence-electron chi connectivity index (χ3n) is 9.01. The quantitative estimate of drug-likeness (QED) is 0.251. The fourth-order valence-corrected chi connectivity index (χ4v) is 7.24. The van der Waals surface area contributed by atoms with Gasteiger partial charge in [0.1, 0.15) is 23.0 Å². The maximum atomic E-state index is 14.9. The zero-order valence-corrected chi connectivity index (χ0v) is 24.7. The molecule has 0 saturated carbocycles. The molecule has 4 aromatic carbocycles. The number of nitrogens with zero attached hydrogens (tertiary/aromatic N) is 1. The van der Waals surface area contributed by atoms with Gasteiger partial charge in [-0.2, -0.15) is 0 Å². The highest BCUT2D eigenvalue weighted by Crippen LogP contribution is 2.62. The number of rotatable bonds is 7. The molecule has 0 aromatic heterocycles. The number of Topliss-reactive ketones (excluding diaryl/α,β-unsaturated/α-hetero) is 2. The standard InChI is InChI=1S/C37H32N2O5/c1-22(2)44-27-18-14-25(15-19-27)34(41)32-31(33(40)24-12-16-26(43-3)17-13-24)37(29-10-6-7-11-30(29)38-36(37)42)35-28-9-5-4-8-23(28)20-21-39(32)35/h4-22,31-32,35H,1-3H3,(H,38,42)/t31-,32+,35+,37-/m0/s1. The van der Waals surface area contributed by atoms with Gasteiger partial charge in [-0.25, -0.2) is 0 Å². The molecule has 0 radical (unpaired) electrons. The van der Waals surface area contributed by atoms with Crippen LogP contribution in [-0.4, -0.2) is 41.6 Å². The zero-order valence-electron chi connectivity index (χ0n) is 24.7. The van der Waals surface area contributed by atoms with Gasteiger partial charge in [0.2, 0.25) is 5.91 Å². The number of hydrogen-bond acceptors (Lipinski definition) is 6. The van der Waals surface area contributed by atoms with E-state index in [9.17, 15) is 14.4 Å². The zero-order chi connectivity index (χ0) is 30.6. The van der Waals surface area contributed by atoms with E-state index >= 15 is 0 Å². The van der Waals surface area contributed by atoms with E-state index in [4.69, 9.17) is 9.47 Å². The molecule has 3 aliphatic heterocycles. The van der Waals surface area contributed by atoms with Crippen molar-refractivity contribution < 1.29 is 23.9 Å². The van der Waals surface area contributed by atoms with E-state index in [-0.39, 0.29) is 23.6 Å². The Kier molecular flexibility index (Phi) is 6.61. The van der Waals surface area contributed by atoms with Gasteiger partial charge in [-0.15, -0.1) is 0 Å². The minimum Gasteiger partial charge on any atom is -0.497 e. The van der Waals surface area contributed by atoms with Crippen LogP contribution in [0.15, 0.2) is 103 Å². The molecule has 1 saturated heterocycles. The highest BCUT2D eigenvalue weighted by atomic mass is 16.5. The number of benzene rings is 4. The largest absolute Gasteiger partial charge is 0.497 e. The van der Waals surface area contributed by atoms with Gasteiger partial charge in [-0.3, -0.25) is 14.4 Å². The normalized spacial score (nSPS) is 22.8. The number of amides is 1. The molecule has 0 aliphatic carbocycles. The van der Waals surface area contributed by atoms with Crippen LogP contribution in [0.1, 0.15) is 57.3 Å². The van der Waals surface area contributed by atoms with Crippen molar-refractivity contribution >= 4 is 29.2 Å². The monoisotopic (exact) mass is 584 g/mol. The second-order valence-corrected chi connectivity index (χ2v) is 11.7. The fraction of sp³-hybridized carbons (Fsp3) is 0.216. The maximum Gasteiger partial charge on any atom is 0.238 e. The molecule has 0 bridgehead atoms. The minimum atomic E-state index is -1.38.